The number of urea groups is 1. The number of aliphatic carboxylic acids is 1. The van der Waals surface area contributed by atoms with E-state index in [1.807, 2.05) is 0 Å². The van der Waals surface area contributed by atoms with Crippen molar-refractivity contribution in [2.24, 2.45) is 5.92 Å². The van der Waals surface area contributed by atoms with Gasteiger partial charge in [-0.05, 0) is 43.9 Å². The number of hydrogen-bond acceptors (Lipinski definition) is 2. The van der Waals surface area contributed by atoms with Crippen molar-refractivity contribution in [3.63, 3.8) is 0 Å². The monoisotopic (exact) mass is 292 g/mol. The average molecular weight is 292 g/mol. The van der Waals surface area contributed by atoms with Crippen molar-refractivity contribution in [2.45, 2.75) is 38.3 Å². The predicted octanol–water partition coefficient (Wildman–Crippen LogP) is 2.60. The van der Waals surface area contributed by atoms with E-state index in [2.05, 4.69) is 5.32 Å². The van der Waals surface area contributed by atoms with Gasteiger partial charge in [0.05, 0.1) is 5.92 Å². The van der Waals surface area contributed by atoms with Crippen LogP contribution in [0.25, 0.3) is 0 Å². The zero-order valence-corrected chi connectivity index (χ0v) is 11.7. The molecule has 3 atom stereocenters. The number of carbonyl (C=O) groups excluding carboxylic acids is 1. The second-order valence-corrected chi connectivity index (χ2v) is 5.78. The molecule has 2 bridgehead atoms. The van der Waals surface area contributed by atoms with Gasteiger partial charge in [-0.2, -0.15) is 0 Å². The molecule has 2 amide bonds. The van der Waals surface area contributed by atoms with E-state index >= 15 is 0 Å². The van der Waals surface area contributed by atoms with E-state index in [1.54, 1.807) is 17.9 Å². The van der Waals surface area contributed by atoms with E-state index in [-0.39, 0.29) is 18.1 Å². The van der Waals surface area contributed by atoms with E-state index in [9.17, 15) is 19.1 Å². The Hall–Kier alpha value is -2.11. The average Bonchev–Trinajstić information content (AvgIpc) is 3.00. The number of benzene rings is 1. The number of anilines is 1. The molecular weight excluding hydrogens is 275 g/mol. The van der Waals surface area contributed by atoms with Crippen molar-refractivity contribution in [1.29, 1.82) is 0 Å². The minimum absolute atomic E-state index is 0.0232. The first kappa shape index (κ1) is 13.9. The molecule has 112 valence electrons. The third-order valence-corrected chi connectivity index (χ3v) is 4.53. The summed E-state index contributed by atoms with van der Waals surface area (Å²) in [6.07, 6.45) is 2.07. The van der Waals surface area contributed by atoms with Gasteiger partial charge in [-0.25, -0.2) is 9.18 Å². The molecule has 0 aromatic heterocycles. The Kier molecular flexibility index (Phi) is 3.31. The van der Waals surface area contributed by atoms with Crippen molar-refractivity contribution >= 4 is 17.7 Å². The highest BCUT2D eigenvalue weighted by atomic mass is 19.1. The van der Waals surface area contributed by atoms with Gasteiger partial charge in [0.15, 0.2) is 0 Å². The summed E-state index contributed by atoms with van der Waals surface area (Å²) in [7, 11) is 0. The van der Waals surface area contributed by atoms with Crippen LogP contribution in [0.2, 0.25) is 0 Å². The number of amides is 2. The molecule has 6 heteroatoms. The molecule has 2 aliphatic heterocycles. The van der Waals surface area contributed by atoms with Gasteiger partial charge in [0.2, 0.25) is 0 Å². The summed E-state index contributed by atoms with van der Waals surface area (Å²) < 4.78 is 13.3. The lowest BCUT2D eigenvalue weighted by molar-refractivity contribution is -0.142. The highest BCUT2D eigenvalue weighted by molar-refractivity contribution is 5.91. The molecule has 21 heavy (non-hydrogen) atoms. The van der Waals surface area contributed by atoms with Crippen molar-refractivity contribution in [3.8, 4) is 0 Å². The molecule has 1 aromatic rings. The lowest BCUT2D eigenvalue weighted by Crippen LogP contribution is -2.40. The number of carboxylic acids is 1. The van der Waals surface area contributed by atoms with E-state index in [4.69, 9.17) is 0 Å². The van der Waals surface area contributed by atoms with E-state index < -0.39 is 17.7 Å². The molecule has 0 radical (unpaired) electrons. The minimum atomic E-state index is -0.845. The minimum Gasteiger partial charge on any atom is -0.481 e. The van der Waals surface area contributed by atoms with Crippen LogP contribution in [-0.2, 0) is 4.79 Å². The van der Waals surface area contributed by atoms with Gasteiger partial charge in [0.25, 0.3) is 0 Å². The van der Waals surface area contributed by atoms with Gasteiger partial charge in [-0.15, -0.1) is 0 Å². The van der Waals surface area contributed by atoms with Crippen molar-refractivity contribution in [1.82, 2.24) is 4.90 Å². The summed E-state index contributed by atoms with van der Waals surface area (Å²) in [6.45, 7) is 1.79. The van der Waals surface area contributed by atoms with Gasteiger partial charge < -0.3 is 15.3 Å². The molecule has 3 rings (SSSR count). The van der Waals surface area contributed by atoms with Crippen LogP contribution in [0.4, 0.5) is 14.9 Å². The second kappa shape index (κ2) is 5.02. The van der Waals surface area contributed by atoms with Crippen LogP contribution in [-0.4, -0.2) is 34.1 Å². The maximum atomic E-state index is 13.3. The van der Waals surface area contributed by atoms with Crippen LogP contribution < -0.4 is 5.32 Å². The third-order valence-electron chi connectivity index (χ3n) is 4.53. The molecule has 0 saturated carbocycles. The zero-order valence-electron chi connectivity index (χ0n) is 11.7. The fourth-order valence-electron chi connectivity index (χ4n) is 3.48. The Morgan fingerprint density at radius 1 is 1.38 bits per heavy atom. The summed E-state index contributed by atoms with van der Waals surface area (Å²) >= 11 is 0. The maximum Gasteiger partial charge on any atom is 0.322 e. The fraction of sp³-hybridized carbons (Fsp3) is 0.467. The number of rotatable bonds is 2. The summed E-state index contributed by atoms with van der Waals surface area (Å²) in [4.78, 5) is 25.2. The van der Waals surface area contributed by atoms with Crippen LogP contribution in [0.5, 0.6) is 0 Å². The molecule has 5 nitrogen and oxygen atoms in total. The van der Waals surface area contributed by atoms with Crippen molar-refractivity contribution < 1.29 is 19.1 Å². The first-order chi connectivity index (χ1) is 9.97. The SMILES string of the molecule is Cc1ccc(F)cc1NC(=O)N1C2CCC1C(C(=O)O)C2. The zero-order chi connectivity index (χ0) is 15.1. The van der Waals surface area contributed by atoms with Crippen LogP contribution in [0, 0.1) is 18.7 Å². The number of fused-ring (bicyclic) bond motifs is 2. The van der Waals surface area contributed by atoms with E-state index in [0.717, 1.165) is 18.4 Å². The Morgan fingerprint density at radius 2 is 2.14 bits per heavy atom. The first-order valence-electron chi connectivity index (χ1n) is 7.05. The lowest BCUT2D eigenvalue weighted by Gasteiger charge is -2.24. The Balaban J connectivity index is 1.77. The number of nitrogens with zero attached hydrogens (tertiary/aromatic N) is 1. The molecule has 0 aliphatic carbocycles. The van der Waals surface area contributed by atoms with Gasteiger partial charge in [-0.3, -0.25) is 4.79 Å². The Bertz CT molecular complexity index is 605. The van der Waals surface area contributed by atoms with Gasteiger partial charge in [0, 0.05) is 17.8 Å². The van der Waals surface area contributed by atoms with E-state index in [1.165, 1.54) is 12.1 Å². The number of carbonyl (C=O) groups is 2. The standard InChI is InChI=1S/C15H17FN2O3/c1-8-2-3-9(16)6-12(8)17-15(21)18-10-4-5-13(18)11(7-10)14(19)20/h2-3,6,10-11,13H,4-5,7H2,1H3,(H,17,21)(H,19,20). The molecule has 2 heterocycles. The van der Waals surface area contributed by atoms with E-state index in [0.29, 0.717) is 12.1 Å². The van der Waals surface area contributed by atoms with Gasteiger partial charge in [-0.1, -0.05) is 6.07 Å². The molecule has 1 aromatic carbocycles. The topological polar surface area (TPSA) is 69.6 Å². The van der Waals surface area contributed by atoms with Crippen LogP contribution in [0.15, 0.2) is 18.2 Å². The normalized spacial score (nSPS) is 27.0. The van der Waals surface area contributed by atoms with Crippen molar-refractivity contribution in [2.75, 3.05) is 5.32 Å². The number of nitrogens with one attached hydrogen (secondary N) is 1. The van der Waals surface area contributed by atoms with Crippen molar-refractivity contribution in [3.05, 3.63) is 29.6 Å². The van der Waals surface area contributed by atoms with Gasteiger partial charge >= 0.3 is 12.0 Å². The Labute approximate surface area is 121 Å². The molecule has 0 spiro atoms. The predicted molar refractivity (Wildman–Crippen MR) is 74.5 cm³/mol. The first-order valence-corrected chi connectivity index (χ1v) is 7.05. The molecule has 3 unspecified atom stereocenters. The molecule has 2 fully saturated rings. The number of halogens is 1. The summed E-state index contributed by atoms with van der Waals surface area (Å²) in [5.74, 6) is -1.74. The van der Waals surface area contributed by atoms with Crippen LogP contribution >= 0.6 is 0 Å². The highest BCUT2D eigenvalue weighted by Crippen LogP contribution is 2.42. The second-order valence-electron chi connectivity index (χ2n) is 5.78. The summed E-state index contributed by atoms with van der Waals surface area (Å²) in [5.41, 5.74) is 1.20. The largest absolute Gasteiger partial charge is 0.481 e. The highest BCUT2D eigenvalue weighted by Gasteiger charge is 2.51. The summed E-state index contributed by atoms with van der Waals surface area (Å²) in [5, 5.41) is 11.9. The molecule has 2 aliphatic rings. The lowest BCUT2D eigenvalue weighted by atomic mass is 9.89. The number of aryl methyl sites for hydroxylation is 1. The number of carboxylic acid groups (broad SMARTS) is 1. The maximum absolute atomic E-state index is 13.3. The summed E-state index contributed by atoms with van der Waals surface area (Å²) in [6, 6.07) is 3.61. The Morgan fingerprint density at radius 3 is 2.81 bits per heavy atom. The van der Waals surface area contributed by atoms with Crippen LogP contribution in [0.3, 0.4) is 0 Å². The number of hydrogen-bond donors (Lipinski definition) is 2. The molecule has 2 N–H and O–H groups in total. The van der Waals surface area contributed by atoms with Gasteiger partial charge in [0.1, 0.15) is 5.82 Å². The van der Waals surface area contributed by atoms with Crippen LogP contribution in [0.1, 0.15) is 24.8 Å². The quantitative estimate of drug-likeness (QED) is 0.880. The smallest absolute Gasteiger partial charge is 0.322 e. The fourth-order valence-corrected chi connectivity index (χ4v) is 3.48. The molecular formula is C15H17FN2O3. The third kappa shape index (κ3) is 2.34. The molecule has 2 saturated heterocycles.